The van der Waals surface area contributed by atoms with Gasteiger partial charge in [-0.1, -0.05) is 6.07 Å². The highest BCUT2D eigenvalue weighted by Crippen LogP contribution is 2.16. The maximum Gasteiger partial charge on any atom is 0.0991 e. The summed E-state index contributed by atoms with van der Waals surface area (Å²) in [6.07, 6.45) is 9.30. The minimum absolute atomic E-state index is 0.418. The highest BCUT2D eigenvalue weighted by Gasteiger charge is 2.05. The zero-order valence-corrected chi connectivity index (χ0v) is 12.3. The van der Waals surface area contributed by atoms with Crippen LogP contribution in [0, 0.1) is 0 Å². The lowest BCUT2D eigenvalue weighted by Gasteiger charge is -2.13. The molecule has 0 aliphatic heterocycles. The van der Waals surface area contributed by atoms with E-state index in [9.17, 15) is 0 Å². The van der Waals surface area contributed by atoms with Crippen LogP contribution in [0.25, 0.3) is 5.69 Å². The Morgan fingerprint density at radius 2 is 2.10 bits per heavy atom. The number of anilines is 1. The minimum Gasteiger partial charge on any atom is -0.379 e. The lowest BCUT2D eigenvalue weighted by Crippen LogP contribution is -2.08. The second-order valence-corrected chi connectivity index (χ2v) is 5.26. The Hall–Kier alpha value is -2.56. The van der Waals surface area contributed by atoms with E-state index in [1.807, 2.05) is 29.4 Å². The van der Waals surface area contributed by atoms with Crippen LogP contribution < -0.4 is 5.32 Å². The van der Waals surface area contributed by atoms with Crippen molar-refractivity contribution in [2.75, 3.05) is 5.32 Å². The van der Waals surface area contributed by atoms with Crippen LogP contribution in [-0.4, -0.2) is 19.1 Å². The summed E-state index contributed by atoms with van der Waals surface area (Å²) in [5.41, 5.74) is 3.35. The molecule has 2 aromatic heterocycles. The zero-order chi connectivity index (χ0) is 14.7. The fourth-order valence-corrected chi connectivity index (χ4v) is 2.31. The number of benzene rings is 1. The van der Waals surface area contributed by atoms with Gasteiger partial charge in [-0.3, -0.25) is 0 Å². The summed E-state index contributed by atoms with van der Waals surface area (Å²) in [5.74, 6) is 0. The summed E-state index contributed by atoms with van der Waals surface area (Å²) in [5, 5.41) is 3.45. The summed E-state index contributed by atoms with van der Waals surface area (Å²) in [4.78, 5) is 8.30. The number of nitrogens with zero attached hydrogens (tertiary/aromatic N) is 4. The van der Waals surface area contributed by atoms with Crippen molar-refractivity contribution in [2.24, 2.45) is 0 Å². The summed E-state index contributed by atoms with van der Waals surface area (Å²) in [6, 6.07) is 8.69. The molecule has 21 heavy (non-hydrogen) atoms. The first kappa shape index (κ1) is 13.4. The van der Waals surface area contributed by atoms with Gasteiger partial charge in [0.15, 0.2) is 0 Å². The van der Waals surface area contributed by atoms with Gasteiger partial charge in [0, 0.05) is 36.0 Å². The Morgan fingerprint density at radius 3 is 2.86 bits per heavy atom. The Balaban J connectivity index is 1.74. The number of hydrogen-bond acceptors (Lipinski definition) is 3. The molecule has 2 heterocycles. The van der Waals surface area contributed by atoms with Gasteiger partial charge >= 0.3 is 0 Å². The van der Waals surface area contributed by atoms with Crippen LogP contribution in [0.15, 0.2) is 55.5 Å². The summed E-state index contributed by atoms with van der Waals surface area (Å²) in [6.45, 7) is 5.07. The molecule has 3 aromatic rings. The molecule has 0 atom stereocenters. The van der Waals surface area contributed by atoms with Gasteiger partial charge in [-0.05, 0) is 32.0 Å². The Kier molecular flexibility index (Phi) is 3.73. The fourth-order valence-electron chi connectivity index (χ4n) is 2.31. The van der Waals surface area contributed by atoms with E-state index in [0.29, 0.717) is 6.04 Å². The van der Waals surface area contributed by atoms with Crippen LogP contribution in [0.2, 0.25) is 0 Å². The molecular formula is C16H19N5. The van der Waals surface area contributed by atoms with Gasteiger partial charge in [0.05, 0.1) is 24.9 Å². The third kappa shape index (κ3) is 2.97. The van der Waals surface area contributed by atoms with E-state index in [0.717, 1.165) is 17.9 Å². The van der Waals surface area contributed by atoms with Crippen LogP contribution >= 0.6 is 0 Å². The number of imidazole rings is 2. The van der Waals surface area contributed by atoms with Gasteiger partial charge in [-0.2, -0.15) is 0 Å². The highest BCUT2D eigenvalue weighted by molar-refractivity contribution is 5.51. The minimum atomic E-state index is 0.418. The monoisotopic (exact) mass is 281 g/mol. The van der Waals surface area contributed by atoms with Gasteiger partial charge in [0.2, 0.25) is 0 Å². The van der Waals surface area contributed by atoms with Crippen molar-refractivity contribution in [3.8, 4) is 5.69 Å². The summed E-state index contributed by atoms with van der Waals surface area (Å²) in [7, 11) is 0. The van der Waals surface area contributed by atoms with Crippen molar-refractivity contribution in [2.45, 2.75) is 26.4 Å². The molecular weight excluding hydrogens is 262 g/mol. The molecule has 0 bridgehead atoms. The smallest absolute Gasteiger partial charge is 0.0991 e. The van der Waals surface area contributed by atoms with E-state index in [2.05, 4.69) is 51.9 Å². The lowest BCUT2D eigenvalue weighted by atomic mass is 10.2. The van der Waals surface area contributed by atoms with Crippen LogP contribution in [0.5, 0.6) is 0 Å². The van der Waals surface area contributed by atoms with E-state index >= 15 is 0 Å². The first-order chi connectivity index (χ1) is 10.2. The third-order valence-electron chi connectivity index (χ3n) is 3.42. The summed E-state index contributed by atoms with van der Waals surface area (Å²) >= 11 is 0. The molecule has 5 heteroatoms. The number of hydrogen-bond donors (Lipinski definition) is 1. The van der Waals surface area contributed by atoms with E-state index in [-0.39, 0.29) is 0 Å². The Labute approximate surface area is 124 Å². The van der Waals surface area contributed by atoms with Crippen molar-refractivity contribution in [1.82, 2.24) is 19.1 Å². The van der Waals surface area contributed by atoms with Gasteiger partial charge in [0.1, 0.15) is 0 Å². The van der Waals surface area contributed by atoms with Crippen molar-refractivity contribution in [1.29, 1.82) is 0 Å². The normalized spacial score (nSPS) is 11.0. The van der Waals surface area contributed by atoms with E-state index in [4.69, 9.17) is 0 Å². The van der Waals surface area contributed by atoms with Crippen LogP contribution in [0.1, 0.15) is 25.6 Å². The SMILES string of the molecule is CC(C)n1cncc1CNc1cccc(-n2ccnc2)c1. The van der Waals surface area contributed by atoms with Crippen LogP contribution in [-0.2, 0) is 6.54 Å². The predicted molar refractivity (Wildman–Crippen MR) is 83.5 cm³/mol. The van der Waals surface area contributed by atoms with E-state index in [1.165, 1.54) is 5.69 Å². The molecule has 1 N–H and O–H groups in total. The largest absolute Gasteiger partial charge is 0.379 e. The molecule has 108 valence electrons. The molecule has 3 rings (SSSR count). The van der Waals surface area contributed by atoms with Crippen molar-refractivity contribution < 1.29 is 0 Å². The van der Waals surface area contributed by atoms with Gasteiger partial charge in [-0.25, -0.2) is 9.97 Å². The molecule has 0 aliphatic carbocycles. The molecule has 0 fully saturated rings. The fraction of sp³-hybridized carbons (Fsp3) is 0.250. The Morgan fingerprint density at radius 1 is 1.19 bits per heavy atom. The number of nitrogens with one attached hydrogen (secondary N) is 1. The molecule has 1 aromatic carbocycles. The van der Waals surface area contributed by atoms with Crippen molar-refractivity contribution >= 4 is 5.69 Å². The van der Waals surface area contributed by atoms with Crippen LogP contribution in [0.3, 0.4) is 0 Å². The average molecular weight is 281 g/mol. The van der Waals surface area contributed by atoms with Crippen molar-refractivity contribution in [3.63, 3.8) is 0 Å². The summed E-state index contributed by atoms with van der Waals surface area (Å²) < 4.78 is 4.16. The first-order valence-corrected chi connectivity index (χ1v) is 7.07. The quantitative estimate of drug-likeness (QED) is 0.781. The molecule has 0 unspecified atom stereocenters. The molecule has 0 saturated heterocycles. The van der Waals surface area contributed by atoms with Gasteiger partial charge in [0.25, 0.3) is 0 Å². The predicted octanol–water partition coefficient (Wildman–Crippen LogP) is 3.26. The topological polar surface area (TPSA) is 47.7 Å². The first-order valence-electron chi connectivity index (χ1n) is 7.07. The molecule has 0 spiro atoms. The van der Waals surface area contributed by atoms with Crippen LogP contribution in [0.4, 0.5) is 5.69 Å². The van der Waals surface area contributed by atoms with Crippen molar-refractivity contribution in [3.05, 3.63) is 61.2 Å². The second-order valence-electron chi connectivity index (χ2n) is 5.26. The Bertz CT molecular complexity index is 697. The average Bonchev–Trinajstić information content (AvgIpc) is 3.16. The highest BCUT2D eigenvalue weighted by atomic mass is 15.1. The number of rotatable bonds is 5. The molecule has 0 saturated carbocycles. The van der Waals surface area contributed by atoms with Gasteiger partial charge in [-0.15, -0.1) is 0 Å². The second kappa shape index (κ2) is 5.83. The zero-order valence-electron chi connectivity index (χ0n) is 12.3. The molecule has 0 aliphatic rings. The third-order valence-corrected chi connectivity index (χ3v) is 3.42. The van der Waals surface area contributed by atoms with Gasteiger partial charge < -0.3 is 14.5 Å². The van der Waals surface area contributed by atoms with E-state index in [1.54, 1.807) is 12.5 Å². The maximum atomic E-state index is 4.22. The maximum absolute atomic E-state index is 4.22. The molecule has 0 amide bonds. The molecule has 0 radical (unpaired) electrons. The number of aromatic nitrogens is 4. The standard InChI is InChI=1S/C16H19N5/c1-13(2)21-12-18-9-16(21)10-19-14-4-3-5-15(8-14)20-7-6-17-11-20/h3-9,11-13,19H,10H2,1-2H3. The molecule has 5 nitrogen and oxygen atoms in total. The van der Waals surface area contributed by atoms with E-state index < -0.39 is 0 Å². The lowest BCUT2D eigenvalue weighted by molar-refractivity contribution is 0.577.